The van der Waals surface area contributed by atoms with E-state index >= 15 is 0 Å². The van der Waals surface area contributed by atoms with Gasteiger partial charge in [0.05, 0.1) is 49.7 Å². The van der Waals surface area contributed by atoms with Crippen molar-refractivity contribution in [2.45, 2.75) is 83.4 Å². The molecule has 11 atom stereocenters. The second kappa shape index (κ2) is 6.72. The molecule has 6 rings (SSSR count). The Hall–Kier alpha value is -1.67. The Morgan fingerprint density at radius 1 is 1.18 bits per heavy atom. The highest BCUT2D eigenvalue weighted by molar-refractivity contribution is 5.68. The molecule has 0 aromatic carbocycles. The van der Waals surface area contributed by atoms with Crippen LogP contribution in [-0.2, 0) is 14.3 Å². The summed E-state index contributed by atoms with van der Waals surface area (Å²) in [4.78, 5) is 12.2. The van der Waals surface area contributed by atoms with Crippen LogP contribution in [0.25, 0.3) is 0 Å². The van der Waals surface area contributed by atoms with Crippen molar-refractivity contribution in [3.05, 3.63) is 35.3 Å². The van der Waals surface area contributed by atoms with Crippen LogP contribution < -0.4 is 0 Å². The maximum Gasteiger partial charge on any atom is 0.303 e. The van der Waals surface area contributed by atoms with E-state index in [2.05, 4.69) is 13.8 Å². The van der Waals surface area contributed by atoms with Crippen molar-refractivity contribution in [3.8, 4) is 0 Å². The number of aliphatic hydroxyl groups is 2. The molecular weight excluding hydrogens is 424 g/mol. The van der Waals surface area contributed by atoms with Crippen molar-refractivity contribution < 1.29 is 34.0 Å². The van der Waals surface area contributed by atoms with E-state index in [1.54, 1.807) is 12.5 Å². The molecule has 0 spiro atoms. The van der Waals surface area contributed by atoms with Crippen LogP contribution in [0.1, 0.15) is 58.4 Å². The van der Waals surface area contributed by atoms with Crippen LogP contribution in [0.15, 0.2) is 34.2 Å². The van der Waals surface area contributed by atoms with Crippen LogP contribution in [0.3, 0.4) is 0 Å². The minimum Gasteiger partial charge on any atom is -0.481 e. The number of ether oxygens (including phenoxy) is 2. The zero-order valence-electron chi connectivity index (χ0n) is 19.7. The number of rotatable bonds is 3. The zero-order valence-corrected chi connectivity index (χ0v) is 19.7. The molecule has 4 fully saturated rings. The quantitative estimate of drug-likeness (QED) is 0.597. The summed E-state index contributed by atoms with van der Waals surface area (Å²) in [6.45, 7) is 8.73. The van der Waals surface area contributed by atoms with Gasteiger partial charge in [-0.2, -0.15) is 0 Å². The Morgan fingerprint density at radius 3 is 2.61 bits per heavy atom. The first-order chi connectivity index (χ1) is 15.5. The lowest BCUT2D eigenvalue weighted by molar-refractivity contribution is -0.242. The average molecular weight is 459 g/mol. The molecule has 0 radical (unpaired) electrons. The van der Waals surface area contributed by atoms with Gasteiger partial charge in [-0.05, 0) is 36.5 Å². The summed E-state index contributed by atoms with van der Waals surface area (Å²) in [5.74, 6) is -1.24. The third-order valence-corrected chi connectivity index (χ3v) is 10.5. The van der Waals surface area contributed by atoms with Gasteiger partial charge in [-0.25, -0.2) is 0 Å². The molecular formula is C26H34O7. The number of carboxylic acid groups (broad SMARTS) is 1. The van der Waals surface area contributed by atoms with E-state index in [9.17, 15) is 20.1 Å². The van der Waals surface area contributed by atoms with E-state index in [-0.39, 0.29) is 48.9 Å². The van der Waals surface area contributed by atoms with E-state index in [1.807, 2.05) is 19.9 Å². The van der Waals surface area contributed by atoms with Gasteiger partial charge in [0.1, 0.15) is 0 Å². The number of carboxylic acids is 1. The van der Waals surface area contributed by atoms with E-state index in [4.69, 9.17) is 13.9 Å². The molecule has 7 nitrogen and oxygen atoms in total. The first kappa shape index (κ1) is 21.8. The van der Waals surface area contributed by atoms with Crippen molar-refractivity contribution in [2.24, 2.45) is 28.1 Å². The summed E-state index contributed by atoms with van der Waals surface area (Å²) in [6, 6.07) is 1.99. The van der Waals surface area contributed by atoms with Crippen molar-refractivity contribution in [3.63, 3.8) is 0 Å². The van der Waals surface area contributed by atoms with Crippen LogP contribution in [0.5, 0.6) is 0 Å². The van der Waals surface area contributed by atoms with Gasteiger partial charge in [0.15, 0.2) is 0 Å². The highest BCUT2D eigenvalue weighted by atomic mass is 16.6. The second-order valence-electron chi connectivity index (χ2n) is 11.8. The van der Waals surface area contributed by atoms with E-state index in [0.717, 1.165) is 12.0 Å². The molecule has 3 N–H and O–H groups in total. The summed E-state index contributed by atoms with van der Waals surface area (Å²) < 4.78 is 18.5. The van der Waals surface area contributed by atoms with Crippen LogP contribution >= 0.6 is 0 Å². The molecule has 0 unspecified atom stereocenters. The van der Waals surface area contributed by atoms with Crippen LogP contribution in [-0.4, -0.2) is 58.4 Å². The summed E-state index contributed by atoms with van der Waals surface area (Å²) in [5, 5.41) is 32.5. The standard InChI is InChI=1S/C26H34O7/c1-12-14(13-5-6-31-10-13)7-15-20(12)26(4)16(8-19(29)30)25(3)18(28)9-17(27)24(2)11-32-21(22(24)25)23(26)33-15/h5-6,10,14-18,21-23,27-28H,7-9,11H2,1-4H3,(H,29,30)/t14-,15-,16-,17-,18+,21-,22+,23-,24-,25+,26-/m1/s1. The first-order valence-electron chi connectivity index (χ1n) is 12.1. The first-order valence-corrected chi connectivity index (χ1v) is 12.1. The van der Waals surface area contributed by atoms with E-state index in [0.29, 0.717) is 6.61 Å². The number of hydrogen-bond acceptors (Lipinski definition) is 6. The lowest BCUT2D eigenvalue weighted by Crippen LogP contribution is -2.70. The van der Waals surface area contributed by atoms with Gasteiger partial charge in [0.25, 0.3) is 0 Å². The summed E-state index contributed by atoms with van der Waals surface area (Å²) in [6.07, 6.45) is 2.21. The lowest BCUT2D eigenvalue weighted by Gasteiger charge is -2.64. The molecule has 7 heteroatoms. The Labute approximate surface area is 193 Å². The minimum atomic E-state index is -0.871. The molecule has 0 amide bonds. The normalized spacial score (nSPS) is 52.5. The third kappa shape index (κ3) is 2.47. The van der Waals surface area contributed by atoms with Crippen molar-refractivity contribution >= 4 is 5.97 Å². The lowest BCUT2D eigenvalue weighted by atomic mass is 9.40. The number of allylic oxidation sites excluding steroid dienone is 1. The second-order valence-corrected chi connectivity index (χ2v) is 11.8. The van der Waals surface area contributed by atoms with Gasteiger partial charge in [0.2, 0.25) is 0 Å². The van der Waals surface area contributed by atoms with Crippen molar-refractivity contribution in [1.29, 1.82) is 0 Å². The number of furan rings is 1. The van der Waals surface area contributed by atoms with Gasteiger partial charge in [-0.3, -0.25) is 4.79 Å². The number of carbonyl (C=O) groups is 1. The fourth-order valence-corrected chi connectivity index (χ4v) is 9.09. The zero-order chi connectivity index (χ0) is 23.5. The monoisotopic (exact) mass is 458 g/mol. The van der Waals surface area contributed by atoms with Crippen LogP contribution in [0, 0.1) is 28.1 Å². The Balaban J connectivity index is 1.55. The molecule has 2 aliphatic heterocycles. The van der Waals surface area contributed by atoms with Gasteiger partial charge < -0.3 is 29.2 Å². The van der Waals surface area contributed by atoms with E-state index in [1.165, 1.54) is 11.1 Å². The average Bonchev–Trinajstić information content (AvgIpc) is 3.50. The van der Waals surface area contributed by atoms with E-state index < -0.39 is 34.4 Å². The molecule has 1 aromatic heterocycles. The molecule has 2 saturated heterocycles. The Morgan fingerprint density at radius 2 is 1.94 bits per heavy atom. The Kier molecular flexibility index (Phi) is 4.44. The maximum absolute atomic E-state index is 12.2. The number of aliphatic carboxylic acids is 1. The molecule has 1 aromatic rings. The number of fused-ring (bicyclic) bond motifs is 4. The van der Waals surface area contributed by atoms with Crippen LogP contribution in [0.4, 0.5) is 0 Å². The van der Waals surface area contributed by atoms with Gasteiger partial charge >= 0.3 is 5.97 Å². The predicted molar refractivity (Wildman–Crippen MR) is 117 cm³/mol. The molecule has 33 heavy (non-hydrogen) atoms. The molecule has 180 valence electrons. The highest BCUT2D eigenvalue weighted by Gasteiger charge is 2.77. The molecule has 3 heterocycles. The fourth-order valence-electron chi connectivity index (χ4n) is 9.09. The topological polar surface area (TPSA) is 109 Å². The van der Waals surface area contributed by atoms with Gasteiger partial charge in [-0.15, -0.1) is 0 Å². The summed E-state index contributed by atoms with van der Waals surface area (Å²) in [7, 11) is 0. The van der Waals surface area contributed by atoms with Crippen molar-refractivity contribution in [2.75, 3.05) is 6.61 Å². The molecule has 0 bridgehead atoms. The Bertz CT molecular complexity index is 1020. The smallest absolute Gasteiger partial charge is 0.303 e. The number of aliphatic hydroxyl groups excluding tert-OH is 2. The highest BCUT2D eigenvalue weighted by Crippen LogP contribution is 2.73. The largest absolute Gasteiger partial charge is 0.481 e. The molecule has 5 aliphatic rings. The molecule has 3 aliphatic carbocycles. The fraction of sp³-hybridized carbons (Fsp3) is 0.731. The molecule has 2 saturated carbocycles. The summed E-state index contributed by atoms with van der Waals surface area (Å²) in [5.41, 5.74) is 1.66. The minimum absolute atomic E-state index is 0.0564. The van der Waals surface area contributed by atoms with Gasteiger partial charge in [-0.1, -0.05) is 26.3 Å². The van der Waals surface area contributed by atoms with Crippen LogP contribution in [0.2, 0.25) is 0 Å². The van der Waals surface area contributed by atoms with Gasteiger partial charge in [0, 0.05) is 40.9 Å². The third-order valence-electron chi connectivity index (χ3n) is 10.5. The SMILES string of the molecule is CC1=C2[C@@H](C[C@H]1c1ccoc1)O[C@@H]1[C@@H]3OC[C@]4(C)[C@H](O)C[C@H](O)[C@@](C)([C@@H]34)[C@@H](CC(=O)O)[C@]21C. The maximum atomic E-state index is 12.2. The predicted octanol–water partition coefficient (Wildman–Crippen LogP) is 3.11. The number of hydrogen-bond donors (Lipinski definition) is 3. The summed E-state index contributed by atoms with van der Waals surface area (Å²) >= 11 is 0. The van der Waals surface area contributed by atoms with Crippen molar-refractivity contribution in [1.82, 2.24) is 0 Å².